The predicted octanol–water partition coefficient (Wildman–Crippen LogP) is 7.70. The first-order chi connectivity index (χ1) is 19.4. The van der Waals surface area contributed by atoms with Crippen LogP contribution in [0.5, 0.6) is 0 Å². The number of likely N-dealkylation sites (N-methyl/N-ethyl adjacent to an activating group) is 2. The van der Waals surface area contributed by atoms with E-state index in [1.54, 1.807) is 12.3 Å². The van der Waals surface area contributed by atoms with Crippen molar-refractivity contribution < 1.29 is 17.6 Å². The molecular weight excluding hydrogens is 642 g/mol. The van der Waals surface area contributed by atoms with Crippen molar-refractivity contribution in [2.24, 2.45) is 0 Å². The minimum atomic E-state index is -4.41. The summed E-state index contributed by atoms with van der Waals surface area (Å²) in [6.45, 7) is 5.73. The van der Waals surface area contributed by atoms with Crippen molar-refractivity contribution in [2.75, 3.05) is 20.6 Å². The topological polar surface area (TPSA) is 41.6 Å². The van der Waals surface area contributed by atoms with Gasteiger partial charge < -0.3 is 8.98 Å². The maximum atomic E-state index is 13.4. The Labute approximate surface area is 250 Å². The lowest BCUT2D eigenvalue weighted by Gasteiger charge is -2.27. The van der Waals surface area contributed by atoms with Gasteiger partial charge in [-0.1, -0.05) is 46.9 Å². The van der Waals surface area contributed by atoms with Crippen LogP contribution in [0.15, 0.2) is 82.3 Å². The van der Waals surface area contributed by atoms with Gasteiger partial charge in [0.1, 0.15) is 5.58 Å². The van der Waals surface area contributed by atoms with Crippen molar-refractivity contribution in [3.05, 3.63) is 111 Å². The Kier molecular flexibility index (Phi) is 8.31. The molecule has 41 heavy (non-hydrogen) atoms. The van der Waals surface area contributed by atoms with Crippen molar-refractivity contribution in [3.63, 3.8) is 0 Å². The van der Waals surface area contributed by atoms with E-state index in [-0.39, 0.29) is 9.48 Å². The lowest BCUT2D eigenvalue weighted by atomic mass is 10.1. The number of alkyl halides is 4. The van der Waals surface area contributed by atoms with Crippen LogP contribution in [0.25, 0.3) is 27.6 Å². The summed E-state index contributed by atoms with van der Waals surface area (Å²) in [5.74, 6) is 0. The van der Waals surface area contributed by atoms with Crippen LogP contribution in [0, 0.1) is 13.8 Å². The Morgan fingerprint density at radius 2 is 1.66 bits per heavy atom. The van der Waals surface area contributed by atoms with Crippen molar-refractivity contribution in [1.29, 1.82) is 0 Å². The second-order valence-electron chi connectivity index (χ2n) is 10.7. The van der Waals surface area contributed by atoms with Gasteiger partial charge in [-0.2, -0.15) is 13.2 Å². The molecule has 1 atom stereocenters. The Balaban J connectivity index is 1.32. The zero-order valence-electron chi connectivity index (χ0n) is 23.3. The summed E-state index contributed by atoms with van der Waals surface area (Å²) in [6, 6.07) is 16.9. The fraction of sp³-hybridized carbons (Fsp3) is 0.281. The van der Waals surface area contributed by atoms with Gasteiger partial charge in [0, 0.05) is 42.5 Å². The molecule has 2 heterocycles. The minimum absolute atomic E-state index is 0.0121. The molecule has 0 fully saturated rings. The van der Waals surface area contributed by atoms with Crippen molar-refractivity contribution in [3.8, 4) is 5.69 Å². The number of benzene rings is 3. The van der Waals surface area contributed by atoms with Crippen LogP contribution in [-0.2, 0) is 19.3 Å². The van der Waals surface area contributed by atoms with Crippen molar-refractivity contribution in [2.45, 2.75) is 37.2 Å². The Bertz CT molecular complexity index is 1780. The maximum absolute atomic E-state index is 13.4. The van der Waals surface area contributed by atoms with E-state index in [9.17, 15) is 18.0 Å². The van der Waals surface area contributed by atoms with E-state index in [1.165, 1.54) is 12.1 Å². The highest BCUT2D eigenvalue weighted by atomic mass is 127. The van der Waals surface area contributed by atoms with E-state index in [4.69, 9.17) is 4.42 Å². The Hall–Kier alpha value is -3.15. The third-order valence-corrected chi connectivity index (χ3v) is 8.85. The van der Waals surface area contributed by atoms with E-state index in [0.717, 1.165) is 33.7 Å². The standard InChI is InChI=1S/C32H31F3IN3O2/c1-20-12-27-29(13-21(20)2)41-19-23(31(27)40)15-37(3)18-30(36)38(4)16-22-17-39(28-11-6-5-10-26(22)28)25-9-7-8-24(14-25)32(33,34)35/h5-14,17,19,30H,15-16,18H2,1-4H3. The molecule has 1 unspecified atom stereocenters. The predicted molar refractivity (Wildman–Crippen MR) is 166 cm³/mol. The fourth-order valence-electron chi connectivity index (χ4n) is 5.08. The number of hydrogen-bond acceptors (Lipinski definition) is 4. The number of para-hydroxylation sites is 1. The second kappa shape index (κ2) is 11.6. The minimum Gasteiger partial charge on any atom is -0.464 e. The van der Waals surface area contributed by atoms with Gasteiger partial charge in [0.05, 0.1) is 26.8 Å². The monoisotopic (exact) mass is 673 g/mol. The molecule has 0 radical (unpaired) electrons. The molecule has 5 nitrogen and oxygen atoms in total. The molecule has 3 aromatic carbocycles. The van der Waals surface area contributed by atoms with Gasteiger partial charge in [0.15, 0.2) is 5.43 Å². The molecule has 0 bridgehead atoms. The van der Waals surface area contributed by atoms with Gasteiger partial charge in [0.25, 0.3) is 0 Å². The summed E-state index contributed by atoms with van der Waals surface area (Å²) >= 11 is 2.39. The zero-order valence-corrected chi connectivity index (χ0v) is 25.5. The van der Waals surface area contributed by atoms with E-state index in [1.807, 2.05) is 75.1 Å². The molecule has 0 spiro atoms. The highest BCUT2D eigenvalue weighted by Gasteiger charge is 2.30. The Morgan fingerprint density at radius 1 is 0.927 bits per heavy atom. The molecule has 0 aliphatic carbocycles. The largest absolute Gasteiger partial charge is 0.464 e. The lowest BCUT2D eigenvalue weighted by molar-refractivity contribution is -0.137. The third-order valence-electron chi connectivity index (χ3n) is 7.51. The lowest BCUT2D eigenvalue weighted by Crippen LogP contribution is -2.36. The van der Waals surface area contributed by atoms with Gasteiger partial charge in [-0.25, -0.2) is 0 Å². The number of aryl methyl sites for hydroxylation is 2. The van der Waals surface area contributed by atoms with Crippen LogP contribution in [0.1, 0.15) is 27.8 Å². The first-order valence-corrected chi connectivity index (χ1v) is 14.5. The molecule has 0 saturated carbocycles. The summed E-state index contributed by atoms with van der Waals surface area (Å²) in [6.07, 6.45) is -0.924. The molecular formula is C32H31F3IN3O2. The molecule has 0 saturated heterocycles. The SMILES string of the molecule is Cc1cc2occ(CN(C)CC(I)N(C)Cc3cn(-c4cccc(C(F)(F)F)c4)c4ccccc34)c(=O)c2cc1C. The molecule has 0 aliphatic heterocycles. The number of halogens is 4. The van der Waals surface area contributed by atoms with Crippen LogP contribution in [0.2, 0.25) is 0 Å². The van der Waals surface area contributed by atoms with E-state index < -0.39 is 11.7 Å². The molecule has 0 amide bonds. The normalized spacial score (nSPS) is 13.1. The number of hydrogen-bond donors (Lipinski definition) is 0. The van der Waals surface area contributed by atoms with Crippen molar-refractivity contribution >= 4 is 44.5 Å². The third kappa shape index (κ3) is 6.22. The fourth-order valence-corrected chi connectivity index (χ4v) is 5.95. The summed E-state index contributed by atoms with van der Waals surface area (Å²) < 4.78 is 47.9. The summed E-state index contributed by atoms with van der Waals surface area (Å²) in [5, 5.41) is 1.59. The number of aromatic nitrogens is 1. The smallest absolute Gasteiger partial charge is 0.416 e. The molecule has 9 heteroatoms. The molecule has 5 rings (SSSR count). The van der Waals surface area contributed by atoms with Crippen LogP contribution in [-0.4, -0.2) is 39.1 Å². The maximum Gasteiger partial charge on any atom is 0.416 e. The molecule has 0 N–H and O–H groups in total. The quantitative estimate of drug-likeness (QED) is 0.0963. The van der Waals surface area contributed by atoms with Crippen LogP contribution in [0.4, 0.5) is 13.2 Å². The van der Waals surface area contributed by atoms with Gasteiger partial charge >= 0.3 is 6.18 Å². The first-order valence-electron chi connectivity index (χ1n) is 13.2. The van der Waals surface area contributed by atoms with Crippen LogP contribution >= 0.6 is 22.6 Å². The highest BCUT2D eigenvalue weighted by molar-refractivity contribution is 14.1. The van der Waals surface area contributed by atoms with Gasteiger partial charge in [0.2, 0.25) is 0 Å². The van der Waals surface area contributed by atoms with E-state index >= 15 is 0 Å². The van der Waals surface area contributed by atoms with E-state index in [2.05, 4.69) is 32.4 Å². The van der Waals surface area contributed by atoms with Crippen LogP contribution < -0.4 is 5.43 Å². The number of rotatable bonds is 8. The number of fused-ring (bicyclic) bond motifs is 2. The average Bonchev–Trinajstić information content (AvgIpc) is 3.29. The molecule has 5 aromatic rings. The summed E-state index contributed by atoms with van der Waals surface area (Å²) in [4.78, 5) is 17.4. The van der Waals surface area contributed by atoms with Crippen LogP contribution in [0.3, 0.4) is 0 Å². The zero-order chi connectivity index (χ0) is 29.5. The number of nitrogens with zero attached hydrogens (tertiary/aromatic N) is 3. The molecule has 0 aliphatic rings. The van der Waals surface area contributed by atoms with E-state index in [0.29, 0.717) is 41.9 Å². The van der Waals surface area contributed by atoms with Gasteiger partial charge in [-0.05, 0) is 81.0 Å². The summed E-state index contributed by atoms with van der Waals surface area (Å²) in [7, 11) is 4.00. The van der Waals surface area contributed by atoms with Gasteiger partial charge in [-0.3, -0.25) is 14.6 Å². The van der Waals surface area contributed by atoms with Crippen molar-refractivity contribution in [1.82, 2.24) is 14.4 Å². The van der Waals surface area contributed by atoms with Gasteiger partial charge in [-0.15, -0.1) is 0 Å². The molecule has 214 valence electrons. The molecule has 2 aromatic heterocycles. The highest BCUT2D eigenvalue weighted by Crippen LogP contribution is 2.32. The summed E-state index contributed by atoms with van der Waals surface area (Å²) in [5.41, 5.74) is 5.00. The first kappa shape index (κ1) is 29.3. The average molecular weight is 674 g/mol. The second-order valence-corrected chi connectivity index (χ2v) is 12.1. The Morgan fingerprint density at radius 3 is 2.41 bits per heavy atom.